The second-order valence-electron chi connectivity index (χ2n) is 4.66. The lowest BCUT2D eigenvalue weighted by atomic mass is 9.99. The molecule has 0 radical (unpaired) electrons. The van der Waals surface area contributed by atoms with E-state index in [4.69, 9.17) is 16.7 Å². The van der Waals surface area contributed by atoms with Crippen LogP contribution in [0.2, 0.25) is 5.02 Å². The Morgan fingerprint density at radius 2 is 1.95 bits per heavy atom. The van der Waals surface area contributed by atoms with Crippen molar-refractivity contribution in [3.8, 4) is 0 Å². The molecule has 1 amide bonds. The van der Waals surface area contributed by atoms with Crippen LogP contribution in [0.25, 0.3) is 0 Å². The maximum absolute atomic E-state index is 11.7. The van der Waals surface area contributed by atoms with Gasteiger partial charge in [0.2, 0.25) is 5.91 Å². The zero-order chi connectivity index (χ0) is 15.2. The van der Waals surface area contributed by atoms with Gasteiger partial charge in [0.1, 0.15) is 5.54 Å². The van der Waals surface area contributed by atoms with E-state index in [1.165, 1.54) is 18.7 Å². The van der Waals surface area contributed by atoms with Crippen LogP contribution in [0.5, 0.6) is 0 Å². The number of aliphatic carboxylic acids is 1. The van der Waals surface area contributed by atoms with Gasteiger partial charge in [-0.05, 0) is 31.0 Å². The third kappa shape index (κ3) is 5.06. The van der Waals surface area contributed by atoms with E-state index in [9.17, 15) is 9.59 Å². The molecule has 1 rings (SSSR count). The Morgan fingerprint density at radius 3 is 2.45 bits per heavy atom. The zero-order valence-corrected chi connectivity index (χ0v) is 13.1. The number of thioether (sulfide) groups is 1. The van der Waals surface area contributed by atoms with E-state index in [1.54, 1.807) is 19.1 Å². The predicted molar refractivity (Wildman–Crippen MR) is 82.1 cm³/mol. The highest BCUT2D eigenvalue weighted by Crippen LogP contribution is 2.16. The largest absolute Gasteiger partial charge is 0.480 e. The van der Waals surface area contributed by atoms with Crippen molar-refractivity contribution in [1.29, 1.82) is 0 Å². The van der Waals surface area contributed by atoms with Crippen molar-refractivity contribution in [1.82, 2.24) is 5.32 Å². The lowest BCUT2D eigenvalue weighted by Crippen LogP contribution is -2.52. The molecular formula is C14H18ClNO3S. The van der Waals surface area contributed by atoms with Gasteiger partial charge in [0, 0.05) is 10.8 Å². The molecular weight excluding hydrogens is 298 g/mol. The normalized spacial score (nSPS) is 13.6. The Balaban J connectivity index is 2.40. The molecule has 0 aliphatic carbocycles. The van der Waals surface area contributed by atoms with Crippen LogP contribution in [0.1, 0.15) is 25.8 Å². The molecule has 1 atom stereocenters. The minimum absolute atomic E-state index is 0.228. The highest BCUT2D eigenvalue weighted by atomic mass is 35.5. The van der Waals surface area contributed by atoms with Crippen molar-refractivity contribution < 1.29 is 14.7 Å². The summed E-state index contributed by atoms with van der Waals surface area (Å²) in [6, 6.07) is 7.41. The van der Waals surface area contributed by atoms with Crippen LogP contribution in [-0.4, -0.2) is 28.3 Å². The molecule has 0 aliphatic heterocycles. The van der Waals surface area contributed by atoms with Gasteiger partial charge < -0.3 is 10.4 Å². The molecule has 0 aliphatic rings. The van der Waals surface area contributed by atoms with E-state index in [0.29, 0.717) is 17.2 Å². The number of benzene rings is 1. The summed E-state index contributed by atoms with van der Waals surface area (Å²) >= 11 is 7.22. The number of carbonyl (C=O) groups is 2. The van der Waals surface area contributed by atoms with Crippen LogP contribution in [0.15, 0.2) is 24.3 Å². The van der Waals surface area contributed by atoms with Gasteiger partial charge in [0.25, 0.3) is 0 Å². The number of carbonyl (C=O) groups excluding carboxylic acids is 1. The third-order valence-electron chi connectivity index (χ3n) is 3.01. The summed E-state index contributed by atoms with van der Waals surface area (Å²) in [4.78, 5) is 22.8. The second-order valence-corrected chi connectivity index (χ2v) is 6.08. The first kappa shape index (κ1) is 16.9. The van der Waals surface area contributed by atoms with Crippen LogP contribution < -0.4 is 5.32 Å². The molecule has 0 saturated heterocycles. The summed E-state index contributed by atoms with van der Waals surface area (Å²) in [7, 11) is 0. The van der Waals surface area contributed by atoms with Crippen molar-refractivity contribution in [3.05, 3.63) is 34.9 Å². The fourth-order valence-corrected chi connectivity index (χ4v) is 2.39. The minimum atomic E-state index is -1.20. The van der Waals surface area contributed by atoms with Crippen LogP contribution in [-0.2, 0) is 15.3 Å². The molecule has 0 spiro atoms. The van der Waals surface area contributed by atoms with Crippen molar-refractivity contribution >= 4 is 35.2 Å². The fraction of sp³-hybridized carbons (Fsp3) is 0.429. The number of carboxylic acid groups (broad SMARTS) is 1. The number of nitrogens with one attached hydrogen (secondary N) is 1. The molecule has 0 bridgehead atoms. The fourth-order valence-electron chi connectivity index (χ4n) is 1.48. The van der Waals surface area contributed by atoms with Crippen LogP contribution in [0.4, 0.5) is 0 Å². The predicted octanol–water partition coefficient (Wildman–Crippen LogP) is 2.94. The Kier molecular flexibility index (Phi) is 6.36. The molecule has 2 N–H and O–H groups in total. The van der Waals surface area contributed by atoms with E-state index < -0.39 is 11.5 Å². The number of hydrogen-bond acceptors (Lipinski definition) is 3. The lowest BCUT2D eigenvalue weighted by Gasteiger charge is -2.24. The monoisotopic (exact) mass is 315 g/mol. The Labute approximate surface area is 127 Å². The second kappa shape index (κ2) is 7.55. The molecule has 4 nitrogen and oxygen atoms in total. The van der Waals surface area contributed by atoms with Gasteiger partial charge >= 0.3 is 5.97 Å². The molecule has 110 valence electrons. The molecule has 0 aromatic heterocycles. The van der Waals surface area contributed by atoms with Crippen molar-refractivity contribution in [2.24, 2.45) is 0 Å². The van der Waals surface area contributed by atoms with Gasteiger partial charge in [-0.25, -0.2) is 4.79 Å². The van der Waals surface area contributed by atoms with E-state index in [1.807, 2.05) is 12.1 Å². The van der Waals surface area contributed by atoms with Crippen LogP contribution in [0.3, 0.4) is 0 Å². The van der Waals surface area contributed by atoms with E-state index in [2.05, 4.69) is 5.32 Å². The van der Waals surface area contributed by atoms with Gasteiger partial charge in [-0.3, -0.25) is 4.79 Å². The number of hydrogen-bond donors (Lipinski definition) is 2. The molecule has 0 unspecified atom stereocenters. The van der Waals surface area contributed by atoms with E-state index >= 15 is 0 Å². The SMILES string of the molecule is CC[C@@](C)(NC(=O)CSCc1ccc(Cl)cc1)C(=O)O. The first-order valence-electron chi connectivity index (χ1n) is 6.24. The standard InChI is InChI=1S/C14H18ClNO3S/c1-3-14(2,13(18)19)16-12(17)9-20-8-10-4-6-11(15)7-5-10/h4-7H,3,8-9H2,1-2H3,(H,16,17)(H,18,19)/t14-/m1/s1. The van der Waals surface area contributed by atoms with Crippen LogP contribution in [0, 0.1) is 0 Å². The molecule has 1 aromatic rings. The molecule has 0 saturated carbocycles. The van der Waals surface area contributed by atoms with E-state index in [0.717, 1.165) is 5.56 Å². The number of halogens is 1. The quantitative estimate of drug-likeness (QED) is 0.812. The van der Waals surface area contributed by atoms with Gasteiger partial charge in [0.05, 0.1) is 5.75 Å². The van der Waals surface area contributed by atoms with Crippen molar-refractivity contribution in [2.45, 2.75) is 31.6 Å². The number of rotatable bonds is 7. The summed E-state index contributed by atoms with van der Waals surface area (Å²) in [6.07, 6.45) is 0.343. The summed E-state index contributed by atoms with van der Waals surface area (Å²) < 4.78 is 0. The van der Waals surface area contributed by atoms with Crippen molar-refractivity contribution in [3.63, 3.8) is 0 Å². The Morgan fingerprint density at radius 1 is 1.35 bits per heavy atom. The molecule has 6 heteroatoms. The van der Waals surface area contributed by atoms with Gasteiger partial charge in [-0.2, -0.15) is 0 Å². The average molecular weight is 316 g/mol. The molecule has 1 aromatic carbocycles. The zero-order valence-electron chi connectivity index (χ0n) is 11.5. The molecule has 0 fully saturated rings. The van der Waals surface area contributed by atoms with Crippen LogP contribution >= 0.6 is 23.4 Å². The number of carboxylic acids is 1. The average Bonchev–Trinajstić information content (AvgIpc) is 2.40. The van der Waals surface area contributed by atoms with Gasteiger partial charge in [0.15, 0.2) is 0 Å². The lowest BCUT2D eigenvalue weighted by molar-refractivity contribution is -0.146. The van der Waals surface area contributed by atoms with Gasteiger partial charge in [-0.1, -0.05) is 30.7 Å². The van der Waals surface area contributed by atoms with Crippen molar-refractivity contribution in [2.75, 3.05) is 5.75 Å². The minimum Gasteiger partial charge on any atom is -0.480 e. The summed E-state index contributed by atoms with van der Waals surface area (Å²) in [5, 5.41) is 12.3. The van der Waals surface area contributed by atoms with E-state index in [-0.39, 0.29) is 11.7 Å². The summed E-state index contributed by atoms with van der Waals surface area (Å²) in [6.45, 7) is 3.24. The third-order valence-corrected chi connectivity index (χ3v) is 4.27. The first-order chi connectivity index (χ1) is 9.37. The summed E-state index contributed by atoms with van der Waals surface area (Å²) in [5.41, 5.74) is -0.124. The first-order valence-corrected chi connectivity index (χ1v) is 7.77. The highest BCUT2D eigenvalue weighted by Gasteiger charge is 2.32. The Bertz CT molecular complexity index is 478. The Hall–Kier alpha value is -1.20. The molecule has 20 heavy (non-hydrogen) atoms. The smallest absolute Gasteiger partial charge is 0.329 e. The summed E-state index contributed by atoms with van der Waals surface area (Å²) in [5.74, 6) is -0.377. The van der Waals surface area contributed by atoms with Gasteiger partial charge in [-0.15, -0.1) is 11.8 Å². The topological polar surface area (TPSA) is 66.4 Å². The number of amides is 1. The highest BCUT2D eigenvalue weighted by molar-refractivity contribution is 7.99. The maximum atomic E-state index is 11.7. The maximum Gasteiger partial charge on any atom is 0.329 e. The molecule has 0 heterocycles.